The summed E-state index contributed by atoms with van der Waals surface area (Å²) in [6.07, 6.45) is 0. The molecule has 4 aromatic rings. The molecule has 4 heteroatoms. The second kappa shape index (κ2) is 8.02. The zero-order chi connectivity index (χ0) is 25.1. The van der Waals surface area contributed by atoms with Crippen molar-refractivity contribution in [2.24, 2.45) is 0 Å². The lowest BCUT2D eigenvalue weighted by molar-refractivity contribution is -0.118. The van der Waals surface area contributed by atoms with E-state index in [1.54, 1.807) is 0 Å². The Labute approximate surface area is 205 Å². The number of benzene rings is 4. The minimum atomic E-state index is -1.12. The lowest BCUT2D eigenvalue weighted by atomic mass is 9.68. The highest BCUT2D eigenvalue weighted by Crippen LogP contribution is 2.50. The van der Waals surface area contributed by atoms with Crippen LogP contribution >= 0.6 is 0 Å². The molecule has 0 spiro atoms. The zero-order valence-electron chi connectivity index (χ0n) is 20.7. The first-order valence-electron chi connectivity index (χ1n) is 11.8. The van der Waals surface area contributed by atoms with Crippen molar-refractivity contribution < 1.29 is 15.0 Å². The van der Waals surface area contributed by atoms with Crippen LogP contribution in [0.25, 0.3) is 11.1 Å². The molecule has 176 valence electrons. The Morgan fingerprint density at radius 2 is 1.17 bits per heavy atom. The third-order valence-corrected chi connectivity index (χ3v) is 7.32. The van der Waals surface area contributed by atoms with Gasteiger partial charge in [0.05, 0.1) is 0 Å². The third-order valence-electron chi connectivity index (χ3n) is 7.32. The Balaban J connectivity index is 1.83. The van der Waals surface area contributed by atoms with Gasteiger partial charge in [-0.15, -0.1) is 0 Å². The van der Waals surface area contributed by atoms with E-state index in [-0.39, 0.29) is 17.4 Å². The van der Waals surface area contributed by atoms with E-state index in [0.717, 1.165) is 39.1 Å². The van der Waals surface area contributed by atoms with Crippen molar-refractivity contribution >= 4 is 11.6 Å². The van der Waals surface area contributed by atoms with Gasteiger partial charge in [-0.2, -0.15) is 0 Å². The standard InChI is InChI=1S/C31H29NO3/c1-17-8-6-7-9-25(17)22-10-11-26-27(16-22)32-30(35)31(26,23-12-18(2)28(33)19(3)13-23)24-14-20(4)29(34)21(5)15-24/h6-16,33-34H,1-5H3,(H,32,35). The van der Waals surface area contributed by atoms with Crippen molar-refractivity contribution in [1.29, 1.82) is 0 Å². The summed E-state index contributed by atoms with van der Waals surface area (Å²) in [4.78, 5) is 14.0. The molecule has 4 nitrogen and oxygen atoms in total. The van der Waals surface area contributed by atoms with Crippen molar-refractivity contribution in [2.45, 2.75) is 40.0 Å². The number of carbonyl (C=O) groups is 1. The van der Waals surface area contributed by atoms with E-state index in [9.17, 15) is 15.0 Å². The molecule has 1 amide bonds. The third kappa shape index (κ3) is 3.32. The van der Waals surface area contributed by atoms with E-state index >= 15 is 0 Å². The molecule has 0 aromatic heterocycles. The minimum Gasteiger partial charge on any atom is -0.507 e. The molecule has 0 fully saturated rings. The first-order valence-corrected chi connectivity index (χ1v) is 11.8. The van der Waals surface area contributed by atoms with Crippen LogP contribution in [0.5, 0.6) is 11.5 Å². The predicted octanol–water partition coefficient (Wildman–Crippen LogP) is 6.59. The van der Waals surface area contributed by atoms with E-state index in [1.165, 1.54) is 0 Å². The number of amides is 1. The SMILES string of the molecule is Cc1ccccc1-c1ccc2c(c1)NC(=O)C2(c1cc(C)c(O)c(C)c1)c1cc(C)c(O)c(C)c1. The molecule has 4 aromatic carbocycles. The monoisotopic (exact) mass is 463 g/mol. The number of rotatable bonds is 3. The van der Waals surface area contributed by atoms with Crippen LogP contribution in [0.3, 0.4) is 0 Å². The summed E-state index contributed by atoms with van der Waals surface area (Å²) in [6.45, 7) is 9.48. The summed E-state index contributed by atoms with van der Waals surface area (Å²) >= 11 is 0. The van der Waals surface area contributed by atoms with Crippen LogP contribution in [0.4, 0.5) is 5.69 Å². The van der Waals surface area contributed by atoms with Crippen molar-refractivity contribution in [3.8, 4) is 22.6 Å². The highest BCUT2D eigenvalue weighted by atomic mass is 16.3. The molecule has 0 unspecified atom stereocenters. The Hall–Kier alpha value is -4.05. The maximum atomic E-state index is 14.0. The topological polar surface area (TPSA) is 69.6 Å². The number of aryl methyl sites for hydroxylation is 5. The molecule has 0 radical (unpaired) electrons. The lowest BCUT2D eigenvalue weighted by Gasteiger charge is -2.31. The fraction of sp³-hybridized carbons (Fsp3) is 0.194. The summed E-state index contributed by atoms with van der Waals surface area (Å²) in [5.74, 6) is 0.314. The molecule has 0 atom stereocenters. The molecule has 35 heavy (non-hydrogen) atoms. The van der Waals surface area contributed by atoms with Gasteiger partial charge in [0.25, 0.3) is 0 Å². The average Bonchev–Trinajstić information content (AvgIpc) is 3.12. The molecular weight excluding hydrogens is 434 g/mol. The Kier molecular flexibility index (Phi) is 5.21. The van der Waals surface area contributed by atoms with Crippen LogP contribution in [0.2, 0.25) is 0 Å². The highest BCUT2D eigenvalue weighted by Gasteiger charge is 2.50. The zero-order valence-corrected chi connectivity index (χ0v) is 20.7. The van der Waals surface area contributed by atoms with Gasteiger partial charge in [-0.25, -0.2) is 0 Å². The minimum absolute atomic E-state index is 0.150. The van der Waals surface area contributed by atoms with Gasteiger partial charge in [0.15, 0.2) is 0 Å². The number of carbonyl (C=O) groups excluding carboxylic acids is 1. The van der Waals surface area contributed by atoms with Crippen molar-refractivity contribution in [2.75, 3.05) is 5.32 Å². The largest absolute Gasteiger partial charge is 0.507 e. The van der Waals surface area contributed by atoms with Crippen molar-refractivity contribution in [3.05, 3.63) is 111 Å². The van der Waals surface area contributed by atoms with Crippen LogP contribution in [-0.2, 0) is 10.2 Å². The summed E-state index contributed by atoms with van der Waals surface area (Å²) in [7, 11) is 0. The maximum Gasteiger partial charge on any atom is 0.244 e. The van der Waals surface area contributed by atoms with E-state index in [1.807, 2.05) is 76.2 Å². The van der Waals surface area contributed by atoms with E-state index in [0.29, 0.717) is 22.3 Å². The van der Waals surface area contributed by atoms with Gasteiger partial charge in [-0.05, 0) is 90.8 Å². The molecule has 0 bridgehead atoms. The van der Waals surface area contributed by atoms with Crippen molar-refractivity contribution in [1.82, 2.24) is 0 Å². The maximum absolute atomic E-state index is 14.0. The molecule has 1 aliphatic rings. The van der Waals surface area contributed by atoms with E-state index in [4.69, 9.17) is 0 Å². The first kappa shape index (κ1) is 22.7. The van der Waals surface area contributed by atoms with Gasteiger partial charge < -0.3 is 15.5 Å². The van der Waals surface area contributed by atoms with Gasteiger partial charge in [-0.1, -0.05) is 60.7 Å². The normalized spacial score (nSPS) is 14.0. The quantitative estimate of drug-likeness (QED) is 0.321. The molecule has 1 heterocycles. The smallest absolute Gasteiger partial charge is 0.244 e. The molecule has 0 saturated carbocycles. The molecule has 0 saturated heterocycles. The second-order valence-electron chi connectivity index (χ2n) is 9.70. The second-order valence-corrected chi connectivity index (χ2v) is 9.70. The van der Waals surface area contributed by atoms with Gasteiger partial charge in [-0.3, -0.25) is 4.79 Å². The van der Waals surface area contributed by atoms with Crippen LogP contribution in [-0.4, -0.2) is 16.1 Å². The van der Waals surface area contributed by atoms with E-state index < -0.39 is 5.41 Å². The Morgan fingerprint density at radius 1 is 0.657 bits per heavy atom. The van der Waals surface area contributed by atoms with Crippen LogP contribution in [0, 0.1) is 34.6 Å². The number of phenolic OH excluding ortho intramolecular Hbond substituents is 2. The van der Waals surface area contributed by atoms with Crippen LogP contribution < -0.4 is 5.32 Å². The summed E-state index contributed by atoms with van der Waals surface area (Å²) in [6, 6.07) is 21.9. The lowest BCUT2D eigenvalue weighted by Crippen LogP contribution is -2.37. The molecular formula is C31H29NO3. The number of hydrogen-bond acceptors (Lipinski definition) is 3. The molecule has 5 rings (SSSR count). The summed E-state index contributed by atoms with van der Waals surface area (Å²) in [5, 5.41) is 24.1. The van der Waals surface area contributed by atoms with Crippen LogP contribution in [0.15, 0.2) is 66.7 Å². The highest BCUT2D eigenvalue weighted by molar-refractivity contribution is 6.12. The summed E-state index contributed by atoms with van der Waals surface area (Å²) < 4.78 is 0. The van der Waals surface area contributed by atoms with Crippen molar-refractivity contribution in [3.63, 3.8) is 0 Å². The van der Waals surface area contributed by atoms with Gasteiger partial charge in [0, 0.05) is 11.3 Å². The van der Waals surface area contributed by atoms with Gasteiger partial charge in [0.1, 0.15) is 16.9 Å². The number of anilines is 1. The Morgan fingerprint density at radius 3 is 1.69 bits per heavy atom. The number of fused-ring (bicyclic) bond motifs is 1. The number of phenols is 2. The fourth-order valence-electron chi connectivity index (χ4n) is 5.46. The van der Waals surface area contributed by atoms with Gasteiger partial charge in [0.2, 0.25) is 5.91 Å². The number of aromatic hydroxyl groups is 2. The molecule has 3 N–H and O–H groups in total. The predicted molar refractivity (Wildman–Crippen MR) is 140 cm³/mol. The van der Waals surface area contributed by atoms with Gasteiger partial charge >= 0.3 is 0 Å². The first-order chi connectivity index (χ1) is 16.6. The average molecular weight is 464 g/mol. The van der Waals surface area contributed by atoms with Crippen LogP contribution in [0.1, 0.15) is 44.5 Å². The van der Waals surface area contributed by atoms with E-state index in [2.05, 4.69) is 30.4 Å². The Bertz CT molecular complexity index is 1410. The number of hydrogen-bond donors (Lipinski definition) is 3. The summed E-state index contributed by atoms with van der Waals surface area (Å²) in [5.41, 5.74) is 8.25. The number of nitrogens with one attached hydrogen (secondary N) is 1. The molecule has 0 aliphatic carbocycles. The fourth-order valence-corrected chi connectivity index (χ4v) is 5.46. The molecule has 1 aliphatic heterocycles.